The van der Waals surface area contributed by atoms with E-state index in [1.165, 1.54) is 6.26 Å². The molecule has 1 aromatic heterocycles. The Labute approximate surface area is 172 Å². The zero-order valence-corrected chi connectivity index (χ0v) is 17.3. The summed E-state index contributed by atoms with van der Waals surface area (Å²) >= 11 is 0. The number of furan rings is 1. The minimum atomic E-state index is -0.0510. The number of amides is 1. The molecule has 0 atom stereocenters. The van der Waals surface area contributed by atoms with E-state index in [9.17, 15) is 4.79 Å². The highest BCUT2D eigenvalue weighted by atomic mass is 16.5. The minimum absolute atomic E-state index is 0.0510. The van der Waals surface area contributed by atoms with Crippen molar-refractivity contribution < 1.29 is 13.9 Å². The quantitative estimate of drug-likeness (QED) is 0.441. The average molecular weight is 399 g/mol. The SMILES string of the molecule is CCNC(=NCCCOc1ccccc1C)N1CCN(C(=O)c2ccco2)CC1. The number of piperazine rings is 1. The molecule has 0 bridgehead atoms. The number of para-hydroxylation sites is 1. The smallest absolute Gasteiger partial charge is 0.289 e. The van der Waals surface area contributed by atoms with Gasteiger partial charge in [-0.05, 0) is 37.6 Å². The molecule has 7 heteroatoms. The number of benzene rings is 1. The number of nitrogens with one attached hydrogen (secondary N) is 1. The van der Waals surface area contributed by atoms with Crippen LogP contribution in [0.3, 0.4) is 0 Å². The van der Waals surface area contributed by atoms with Gasteiger partial charge < -0.3 is 24.3 Å². The maximum Gasteiger partial charge on any atom is 0.289 e. The van der Waals surface area contributed by atoms with Gasteiger partial charge in [-0.3, -0.25) is 9.79 Å². The number of aryl methyl sites for hydroxylation is 1. The molecule has 0 radical (unpaired) electrons. The molecule has 1 aliphatic heterocycles. The molecule has 1 N–H and O–H groups in total. The zero-order chi connectivity index (χ0) is 20.5. The van der Waals surface area contributed by atoms with Crippen LogP contribution >= 0.6 is 0 Å². The number of ether oxygens (including phenoxy) is 1. The fourth-order valence-electron chi connectivity index (χ4n) is 3.25. The summed E-state index contributed by atoms with van der Waals surface area (Å²) < 4.78 is 11.1. The molecule has 2 aromatic rings. The molecule has 0 aliphatic carbocycles. The minimum Gasteiger partial charge on any atom is -0.493 e. The van der Waals surface area contributed by atoms with E-state index in [4.69, 9.17) is 14.1 Å². The lowest BCUT2D eigenvalue weighted by molar-refractivity contribution is 0.0657. The number of guanidine groups is 1. The van der Waals surface area contributed by atoms with Crippen LogP contribution in [0.25, 0.3) is 0 Å². The number of aliphatic imine (C=N–C) groups is 1. The van der Waals surface area contributed by atoms with Crippen LogP contribution in [0.4, 0.5) is 0 Å². The van der Waals surface area contributed by atoms with Gasteiger partial charge in [-0.1, -0.05) is 18.2 Å². The van der Waals surface area contributed by atoms with Crippen molar-refractivity contribution in [2.24, 2.45) is 4.99 Å². The van der Waals surface area contributed by atoms with Crippen molar-refractivity contribution in [2.75, 3.05) is 45.9 Å². The highest BCUT2D eigenvalue weighted by Crippen LogP contribution is 2.16. The third-order valence-electron chi connectivity index (χ3n) is 4.85. The monoisotopic (exact) mass is 398 g/mol. The first-order chi connectivity index (χ1) is 14.2. The van der Waals surface area contributed by atoms with E-state index in [1.807, 2.05) is 36.1 Å². The third kappa shape index (κ3) is 5.76. The molecular formula is C22H30N4O3. The molecule has 1 aromatic carbocycles. The van der Waals surface area contributed by atoms with E-state index >= 15 is 0 Å². The summed E-state index contributed by atoms with van der Waals surface area (Å²) in [5, 5.41) is 3.35. The third-order valence-corrected chi connectivity index (χ3v) is 4.85. The van der Waals surface area contributed by atoms with E-state index in [0.29, 0.717) is 32.0 Å². The Bertz CT molecular complexity index is 796. The van der Waals surface area contributed by atoms with E-state index in [-0.39, 0.29) is 5.91 Å². The van der Waals surface area contributed by atoms with Crippen molar-refractivity contribution in [1.29, 1.82) is 0 Å². The van der Waals surface area contributed by atoms with Gasteiger partial charge in [-0.25, -0.2) is 0 Å². The summed E-state index contributed by atoms with van der Waals surface area (Å²) in [6.07, 6.45) is 2.38. The maximum atomic E-state index is 12.4. The summed E-state index contributed by atoms with van der Waals surface area (Å²) in [6.45, 7) is 9.06. The van der Waals surface area contributed by atoms with Gasteiger partial charge in [0.2, 0.25) is 0 Å². The summed E-state index contributed by atoms with van der Waals surface area (Å²) in [5.41, 5.74) is 1.14. The summed E-state index contributed by atoms with van der Waals surface area (Å²) in [4.78, 5) is 21.2. The van der Waals surface area contributed by atoms with Gasteiger partial charge in [0.05, 0.1) is 12.9 Å². The van der Waals surface area contributed by atoms with Crippen LogP contribution in [0, 0.1) is 6.92 Å². The number of nitrogens with zero attached hydrogens (tertiary/aromatic N) is 3. The Morgan fingerprint density at radius 3 is 2.59 bits per heavy atom. The van der Waals surface area contributed by atoms with Gasteiger partial charge in [0.15, 0.2) is 11.7 Å². The van der Waals surface area contributed by atoms with Crippen LogP contribution in [0.1, 0.15) is 29.5 Å². The second-order valence-electron chi connectivity index (χ2n) is 6.96. The summed E-state index contributed by atoms with van der Waals surface area (Å²) in [5.74, 6) is 2.17. The Morgan fingerprint density at radius 1 is 1.14 bits per heavy atom. The lowest BCUT2D eigenvalue weighted by Crippen LogP contribution is -2.53. The Morgan fingerprint density at radius 2 is 1.90 bits per heavy atom. The van der Waals surface area contributed by atoms with Crippen molar-refractivity contribution >= 4 is 11.9 Å². The van der Waals surface area contributed by atoms with Gasteiger partial charge in [0, 0.05) is 45.7 Å². The number of hydrogen-bond acceptors (Lipinski definition) is 4. The molecule has 156 valence electrons. The second-order valence-corrected chi connectivity index (χ2v) is 6.96. The van der Waals surface area contributed by atoms with Crippen LogP contribution in [-0.2, 0) is 0 Å². The van der Waals surface area contributed by atoms with Crippen LogP contribution < -0.4 is 10.1 Å². The van der Waals surface area contributed by atoms with Crippen LogP contribution in [0.2, 0.25) is 0 Å². The van der Waals surface area contributed by atoms with E-state index in [0.717, 1.165) is 43.3 Å². The van der Waals surface area contributed by atoms with Crippen LogP contribution in [0.15, 0.2) is 52.1 Å². The highest BCUT2D eigenvalue weighted by molar-refractivity contribution is 5.91. The first kappa shape index (κ1) is 20.8. The molecule has 1 fully saturated rings. The molecule has 1 aliphatic rings. The molecule has 1 saturated heterocycles. The summed E-state index contributed by atoms with van der Waals surface area (Å²) in [7, 11) is 0. The number of hydrogen-bond donors (Lipinski definition) is 1. The maximum absolute atomic E-state index is 12.4. The molecule has 3 rings (SSSR count). The van der Waals surface area contributed by atoms with Crippen molar-refractivity contribution in [3.63, 3.8) is 0 Å². The normalized spacial score (nSPS) is 14.8. The molecule has 1 amide bonds. The second kappa shape index (κ2) is 10.5. The van der Waals surface area contributed by atoms with E-state index < -0.39 is 0 Å². The fourth-order valence-corrected chi connectivity index (χ4v) is 3.25. The first-order valence-electron chi connectivity index (χ1n) is 10.2. The van der Waals surface area contributed by atoms with Gasteiger partial charge in [-0.2, -0.15) is 0 Å². The number of carbonyl (C=O) groups is 1. The number of carbonyl (C=O) groups excluding carboxylic acids is 1. The fraction of sp³-hybridized carbons (Fsp3) is 0.455. The van der Waals surface area contributed by atoms with E-state index in [1.54, 1.807) is 12.1 Å². The molecule has 0 saturated carbocycles. The van der Waals surface area contributed by atoms with Gasteiger partial charge in [-0.15, -0.1) is 0 Å². The Balaban J connectivity index is 1.45. The molecule has 29 heavy (non-hydrogen) atoms. The van der Waals surface area contributed by atoms with Gasteiger partial charge in [0.25, 0.3) is 5.91 Å². The lowest BCUT2D eigenvalue weighted by atomic mass is 10.2. The largest absolute Gasteiger partial charge is 0.493 e. The Hall–Kier alpha value is -2.96. The number of rotatable bonds is 7. The zero-order valence-electron chi connectivity index (χ0n) is 17.3. The highest BCUT2D eigenvalue weighted by Gasteiger charge is 2.25. The lowest BCUT2D eigenvalue weighted by Gasteiger charge is -2.36. The standard InChI is InChI=1S/C22H30N4O3/c1-3-23-22(24-11-7-17-28-19-9-5-4-8-18(19)2)26-14-12-25(13-15-26)21(27)20-10-6-16-29-20/h4-6,8-10,16H,3,7,11-15,17H2,1-2H3,(H,23,24). The molecular weight excluding hydrogens is 368 g/mol. The van der Waals surface area contributed by atoms with Gasteiger partial charge in [0.1, 0.15) is 5.75 Å². The van der Waals surface area contributed by atoms with Crippen molar-refractivity contribution in [2.45, 2.75) is 20.3 Å². The van der Waals surface area contributed by atoms with Crippen molar-refractivity contribution in [3.05, 3.63) is 54.0 Å². The van der Waals surface area contributed by atoms with E-state index in [2.05, 4.69) is 17.1 Å². The van der Waals surface area contributed by atoms with Crippen LogP contribution in [0.5, 0.6) is 5.75 Å². The topological polar surface area (TPSA) is 70.3 Å². The molecule has 0 unspecified atom stereocenters. The Kier molecular flexibility index (Phi) is 7.55. The molecule has 2 heterocycles. The van der Waals surface area contributed by atoms with Crippen molar-refractivity contribution in [3.8, 4) is 5.75 Å². The average Bonchev–Trinajstić information content (AvgIpc) is 3.28. The van der Waals surface area contributed by atoms with Gasteiger partial charge >= 0.3 is 0 Å². The molecule has 0 spiro atoms. The van der Waals surface area contributed by atoms with Crippen LogP contribution in [-0.4, -0.2) is 67.5 Å². The van der Waals surface area contributed by atoms with Crippen molar-refractivity contribution in [1.82, 2.24) is 15.1 Å². The molecule has 7 nitrogen and oxygen atoms in total. The predicted molar refractivity (Wildman–Crippen MR) is 113 cm³/mol. The first-order valence-corrected chi connectivity index (χ1v) is 10.2. The predicted octanol–water partition coefficient (Wildman–Crippen LogP) is 2.78. The summed E-state index contributed by atoms with van der Waals surface area (Å²) in [6, 6.07) is 11.5.